The summed E-state index contributed by atoms with van der Waals surface area (Å²) < 4.78 is 4.73. The van der Waals surface area contributed by atoms with E-state index in [2.05, 4.69) is 25.5 Å². The minimum absolute atomic E-state index is 0.371. The van der Waals surface area contributed by atoms with Gasteiger partial charge in [0.1, 0.15) is 5.82 Å². The predicted molar refractivity (Wildman–Crippen MR) is 94.8 cm³/mol. The maximum Gasteiger partial charge on any atom is 0.337 e. The Hall–Kier alpha value is -2.67. The lowest BCUT2D eigenvalue weighted by Crippen LogP contribution is -2.17. The number of hydrogen-bond donors (Lipinski definition) is 2. The number of ether oxygens (including phenoxy) is 1. The van der Waals surface area contributed by atoms with Crippen LogP contribution in [0.4, 0.5) is 17.5 Å². The number of methoxy groups -OCH3 is 1. The monoisotopic (exact) mass is 329 g/mol. The Morgan fingerprint density at radius 3 is 2.88 bits per heavy atom. The van der Waals surface area contributed by atoms with Crippen molar-refractivity contribution >= 4 is 23.4 Å². The Bertz CT molecular complexity index is 676. The summed E-state index contributed by atoms with van der Waals surface area (Å²) in [6.45, 7) is 1.81. The maximum absolute atomic E-state index is 11.6. The second-order valence-corrected chi connectivity index (χ2v) is 5.55. The van der Waals surface area contributed by atoms with Gasteiger partial charge in [-0.3, -0.25) is 0 Å². The highest BCUT2D eigenvalue weighted by atomic mass is 16.5. The van der Waals surface area contributed by atoms with E-state index in [0.717, 1.165) is 25.2 Å². The quantitative estimate of drug-likeness (QED) is 0.568. The molecule has 0 saturated carbocycles. The van der Waals surface area contributed by atoms with Crippen molar-refractivity contribution in [2.24, 2.45) is 0 Å². The van der Waals surface area contributed by atoms with E-state index in [1.54, 1.807) is 30.5 Å². The molecular formula is C17H23N5O2. The van der Waals surface area contributed by atoms with Gasteiger partial charge in [-0.1, -0.05) is 6.07 Å². The molecule has 0 aliphatic carbocycles. The Labute approximate surface area is 142 Å². The van der Waals surface area contributed by atoms with Gasteiger partial charge in [0.05, 0.1) is 12.7 Å². The molecule has 1 aromatic carbocycles. The zero-order chi connectivity index (χ0) is 17.4. The van der Waals surface area contributed by atoms with Crippen LogP contribution in [0.15, 0.2) is 36.5 Å². The Kier molecular flexibility index (Phi) is 6.51. The number of benzene rings is 1. The highest BCUT2D eigenvalue weighted by molar-refractivity contribution is 5.90. The molecule has 0 spiro atoms. The van der Waals surface area contributed by atoms with Crippen molar-refractivity contribution in [3.05, 3.63) is 42.1 Å². The molecule has 7 heteroatoms. The summed E-state index contributed by atoms with van der Waals surface area (Å²) in [5, 5.41) is 6.37. The number of rotatable bonds is 8. The van der Waals surface area contributed by atoms with Gasteiger partial charge in [-0.25, -0.2) is 9.78 Å². The molecule has 0 unspecified atom stereocenters. The fourth-order valence-electron chi connectivity index (χ4n) is 2.10. The zero-order valence-electron chi connectivity index (χ0n) is 14.2. The second-order valence-electron chi connectivity index (χ2n) is 5.55. The minimum atomic E-state index is -0.371. The number of esters is 1. The standard InChI is InChI=1S/C17H23N5O2/c1-22(2)11-5-9-18-17-19-10-8-15(21-17)20-14-7-4-6-13(12-14)16(23)24-3/h4,6-8,10,12H,5,9,11H2,1-3H3,(H2,18,19,20,21). The summed E-state index contributed by atoms with van der Waals surface area (Å²) in [5.74, 6) is 0.856. The van der Waals surface area contributed by atoms with Crippen LogP contribution in [0.2, 0.25) is 0 Å². The molecule has 0 bridgehead atoms. The minimum Gasteiger partial charge on any atom is -0.465 e. The summed E-state index contributed by atoms with van der Waals surface area (Å²) >= 11 is 0. The van der Waals surface area contributed by atoms with Crippen molar-refractivity contribution in [1.82, 2.24) is 14.9 Å². The van der Waals surface area contributed by atoms with E-state index in [0.29, 0.717) is 17.3 Å². The molecule has 0 fully saturated rings. The van der Waals surface area contributed by atoms with Gasteiger partial charge in [0.2, 0.25) is 5.95 Å². The van der Waals surface area contributed by atoms with Crippen LogP contribution in [0.3, 0.4) is 0 Å². The molecule has 0 radical (unpaired) electrons. The van der Waals surface area contributed by atoms with Crippen molar-refractivity contribution in [2.45, 2.75) is 6.42 Å². The zero-order valence-corrected chi connectivity index (χ0v) is 14.2. The van der Waals surface area contributed by atoms with Crippen LogP contribution >= 0.6 is 0 Å². The van der Waals surface area contributed by atoms with Crippen LogP contribution in [0.25, 0.3) is 0 Å². The van der Waals surface area contributed by atoms with E-state index in [-0.39, 0.29) is 5.97 Å². The molecule has 0 amide bonds. The van der Waals surface area contributed by atoms with Crippen LogP contribution in [0.1, 0.15) is 16.8 Å². The lowest BCUT2D eigenvalue weighted by molar-refractivity contribution is 0.0601. The molecule has 2 aromatic rings. The van der Waals surface area contributed by atoms with Gasteiger partial charge in [0.25, 0.3) is 0 Å². The maximum atomic E-state index is 11.6. The Morgan fingerprint density at radius 2 is 2.12 bits per heavy atom. The summed E-state index contributed by atoms with van der Waals surface area (Å²) in [6.07, 6.45) is 2.70. The smallest absolute Gasteiger partial charge is 0.337 e. The number of nitrogens with zero attached hydrogens (tertiary/aromatic N) is 3. The second kappa shape index (κ2) is 8.83. The van der Waals surface area contributed by atoms with Gasteiger partial charge in [-0.15, -0.1) is 0 Å². The van der Waals surface area contributed by atoms with Crippen LogP contribution in [0.5, 0.6) is 0 Å². The van der Waals surface area contributed by atoms with Crippen molar-refractivity contribution in [3.63, 3.8) is 0 Å². The fraction of sp³-hybridized carbons (Fsp3) is 0.353. The molecule has 0 aliphatic rings. The number of anilines is 3. The first-order valence-electron chi connectivity index (χ1n) is 7.75. The highest BCUT2D eigenvalue weighted by Gasteiger charge is 2.06. The molecule has 1 aromatic heterocycles. The molecule has 0 saturated heterocycles. The van der Waals surface area contributed by atoms with Crippen LogP contribution < -0.4 is 10.6 Å². The third-order valence-corrected chi connectivity index (χ3v) is 3.28. The number of hydrogen-bond acceptors (Lipinski definition) is 7. The van der Waals surface area contributed by atoms with E-state index in [4.69, 9.17) is 4.74 Å². The van der Waals surface area contributed by atoms with Crippen LogP contribution in [0, 0.1) is 0 Å². The molecule has 7 nitrogen and oxygen atoms in total. The third-order valence-electron chi connectivity index (χ3n) is 3.28. The molecule has 128 valence electrons. The molecular weight excluding hydrogens is 306 g/mol. The topological polar surface area (TPSA) is 79.4 Å². The van der Waals surface area contributed by atoms with Crippen LogP contribution in [-0.2, 0) is 4.74 Å². The number of carbonyl (C=O) groups excluding carboxylic acids is 1. The average Bonchev–Trinajstić information content (AvgIpc) is 2.58. The van der Waals surface area contributed by atoms with Crippen molar-refractivity contribution in [2.75, 3.05) is 44.9 Å². The van der Waals surface area contributed by atoms with E-state index in [9.17, 15) is 4.79 Å². The van der Waals surface area contributed by atoms with Gasteiger partial charge >= 0.3 is 5.97 Å². The Morgan fingerprint density at radius 1 is 1.29 bits per heavy atom. The number of carbonyl (C=O) groups is 1. The molecule has 1 heterocycles. The number of aromatic nitrogens is 2. The lowest BCUT2D eigenvalue weighted by atomic mass is 10.2. The molecule has 2 N–H and O–H groups in total. The average molecular weight is 329 g/mol. The normalized spacial score (nSPS) is 10.5. The first-order valence-corrected chi connectivity index (χ1v) is 7.75. The van der Waals surface area contributed by atoms with Gasteiger partial charge < -0.3 is 20.3 Å². The van der Waals surface area contributed by atoms with Crippen molar-refractivity contribution in [3.8, 4) is 0 Å². The lowest BCUT2D eigenvalue weighted by Gasteiger charge is -2.11. The summed E-state index contributed by atoms with van der Waals surface area (Å²) in [6, 6.07) is 8.84. The first kappa shape index (κ1) is 17.7. The van der Waals surface area contributed by atoms with Gasteiger partial charge in [-0.05, 0) is 51.3 Å². The van der Waals surface area contributed by atoms with E-state index in [1.807, 2.05) is 20.2 Å². The predicted octanol–water partition coefficient (Wildman–Crippen LogP) is 2.37. The molecule has 0 aliphatic heterocycles. The first-order chi connectivity index (χ1) is 11.6. The molecule has 24 heavy (non-hydrogen) atoms. The SMILES string of the molecule is COC(=O)c1cccc(Nc2ccnc(NCCCN(C)C)n2)c1. The van der Waals surface area contributed by atoms with Crippen LogP contribution in [-0.4, -0.2) is 55.1 Å². The van der Waals surface area contributed by atoms with E-state index in [1.165, 1.54) is 7.11 Å². The van der Waals surface area contributed by atoms with Crippen molar-refractivity contribution in [1.29, 1.82) is 0 Å². The molecule has 2 rings (SSSR count). The fourth-order valence-corrected chi connectivity index (χ4v) is 2.10. The van der Waals surface area contributed by atoms with E-state index >= 15 is 0 Å². The summed E-state index contributed by atoms with van der Waals surface area (Å²) in [5.41, 5.74) is 1.24. The van der Waals surface area contributed by atoms with Gasteiger partial charge in [-0.2, -0.15) is 4.98 Å². The van der Waals surface area contributed by atoms with Gasteiger partial charge in [0, 0.05) is 18.4 Å². The largest absolute Gasteiger partial charge is 0.465 e. The van der Waals surface area contributed by atoms with Gasteiger partial charge in [0.15, 0.2) is 0 Å². The summed E-state index contributed by atoms with van der Waals surface area (Å²) in [4.78, 5) is 22.3. The molecule has 0 atom stereocenters. The number of nitrogens with one attached hydrogen (secondary N) is 2. The van der Waals surface area contributed by atoms with Crippen molar-refractivity contribution < 1.29 is 9.53 Å². The van der Waals surface area contributed by atoms with E-state index < -0.39 is 0 Å². The Balaban J connectivity index is 1.98. The third kappa shape index (κ3) is 5.51. The summed E-state index contributed by atoms with van der Waals surface area (Å²) in [7, 11) is 5.45. The highest BCUT2D eigenvalue weighted by Crippen LogP contribution is 2.17.